The van der Waals surface area contributed by atoms with Gasteiger partial charge in [-0.3, -0.25) is 0 Å². The normalized spacial score (nSPS) is 14.6. The van der Waals surface area contributed by atoms with Crippen molar-refractivity contribution < 1.29 is 4.74 Å². The Bertz CT molecular complexity index is 286. The number of hydrogen-bond acceptors (Lipinski definition) is 2. The van der Waals surface area contributed by atoms with E-state index in [0.29, 0.717) is 6.54 Å². The van der Waals surface area contributed by atoms with Crippen LogP contribution in [-0.2, 0) is 6.54 Å². The van der Waals surface area contributed by atoms with Crippen molar-refractivity contribution in [1.29, 1.82) is 0 Å². The Hall–Kier alpha value is -0.730. The van der Waals surface area contributed by atoms with Gasteiger partial charge in [0.15, 0.2) is 0 Å². The molecule has 0 radical (unpaired) electrons. The van der Waals surface area contributed by atoms with Gasteiger partial charge in [-0.25, -0.2) is 0 Å². The van der Waals surface area contributed by atoms with Crippen molar-refractivity contribution in [2.75, 3.05) is 6.61 Å². The average Bonchev–Trinajstić information content (AvgIpc) is 2.99. The number of ether oxygens (including phenoxy) is 1. The first-order valence-corrected chi connectivity index (χ1v) is 4.80. The Labute approximate surface area is 90.9 Å². The molecule has 1 saturated carbocycles. The maximum Gasteiger partial charge on any atom is 0.119 e. The number of rotatable bonds is 4. The first kappa shape index (κ1) is 11.3. The Balaban J connectivity index is 0.000000980. The zero-order valence-electron chi connectivity index (χ0n) is 8.11. The topological polar surface area (TPSA) is 35.2 Å². The molecule has 1 fully saturated rings. The Kier molecular flexibility index (Phi) is 4.23. The lowest BCUT2D eigenvalue weighted by atomic mass is 10.2. The lowest BCUT2D eigenvalue weighted by Crippen LogP contribution is -2.00. The van der Waals surface area contributed by atoms with Crippen molar-refractivity contribution >= 4 is 12.4 Å². The average molecular weight is 214 g/mol. The smallest absolute Gasteiger partial charge is 0.119 e. The molecule has 0 atom stereocenters. The summed E-state index contributed by atoms with van der Waals surface area (Å²) in [5, 5.41) is 0. The highest BCUT2D eigenvalue weighted by Gasteiger charge is 2.21. The van der Waals surface area contributed by atoms with Crippen molar-refractivity contribution in [3.8, 4) is 5.75 Å². The molecule has 0 aliphatic heterocycles. The summed E-state index contributed by atoms with van der Waals surface area (Å²) < 4.78 is 5.62. The number of nitrogens with two attached hydrogens (primary N) is 1. The van der Waals surface area contributed by atoms with Gasteiger partial charge in [0, 0.05) is 6.54 Å². The molecular weight excluding hydrogens is 198 g/mol. The van der Waals surface area contributed by atoms with E-state index in [1.54, 1.807) is 0 Å². The molecule has 0 spiro atoms. The summed E-state index contributed by atoms with van der Waals surface area (Å²) in [4.78, 5) is 0. The molecule has 1 aliphatic rings. The zero-order valence-corrected chi connectivity index (χ0v) is 8.93. The standard InChI is InChI=1S/C11H15NO.ClH/c12-7-10-2-1-3-11(6-10)13-8-9-4-5-9;/h1-3,6,9H,4-5,7-8,12H2;1H. The van der Waals surface area contributed by atoms with Gasteiger partial charge in [-0.15, -0.1) is 12.4 Å². The minimum atomic E-state index is 0. The largest absolute Gasteiger partial charge is 0.493 e. The van der Waals surface area contributed by atoms with Gasteiger partial charge < -0.3 is 10.5 Å². The molecule has 78 valence electrons. The summed E-state index contributed by atoms with van der Waals surface area (Å²) in [6, 6.07) is 8.01. The summed E-state index contributed by atoms with van der Waals surface area (Å²) in [7, 11) is 0. The second-order valence-corrected chi connectivity index (χ2v) is 3.61. The van der Waals surface area contributed by atoms with Crippen LogP contribution in [0, 0.1) is 5.92 Å². The summed E-state index contributed by atoms with van der Waals surface area (Å²) in [5.41, 5.74) is 6.66. The monoisotopic (exact) mass is 213 g/mol. The molecule has 0 amide bonds. The molecular formula is C11H16ClNO. The summed E-state index contributed by atoms with van der Waals surface area (Å²) in [6.07, 6.45) is 2.66. The van der Waals surface area contributed by atoms with Crippen LogP contribution in [0.3, 0.4) is 0 Å². The summed E-state index contributed by atoms with van der Waals surface area (Å²) >= 11 is 0. The highest BCUT2D eigenvalue weighted by Crippen LogP contribution is 2.29. The van der Waals surface area contributed by atoms with Crippen LogP contribution in [0.15, 0.2) is 24.3 Å². The molecule has 0 bridgehead atoms. The SMILES string of the molecule is Cl.NCc1cccc(OCC2CC2)c1. The van der Waals surface area contributed by atoms with Crippen LogP contribution in [0.1, 0.15) is 18.4 Å². The molecule has 0 aromatic heterocycles. The predicted molar refractivity (Wildman–Crippen MR) is 59.8 cm³/mol. The number of hydrogen-bond donors (Lipinski definition) is 1. The second-order valence-electron chi connectivity index (χ2n) is 3.61. The van der Waals surface area contributed by atoms with Crippen molar-refractivity contribution in [2.24, 2.45) is 11.7 Å². The Morgan fingerprint density at radius 3 is 2.79 bits per heavy atom. The molecule has 2 N–H and O–H groups in total. The molecule has 0 saturated heterocycles. The van der Waals surface area contributed by atoms with E-state index in [1.165, 1.54) is 12.8 Å². The first-order valence-electron chi connectivity index (χ1n) is 4.80. The fourth-order valence-electron chi connectivity index (χ4n) is 1.26. The summed E-state index contributed by atoms with van der Waals surface area (Å²) in [5.74, 6) is 1.76. The van der Waals surface area contributed by atoms with E-state index >= 15 is 0 Å². The Morgan fingerprint density at radius 2 is 2.14 bits per heavy atom. The Morgan fingerprint density at radius 1 is 1.36 bits per heavy atom. The van der Waals surface area contributed by atoms with Crippen LogP contribution in [0.5, 0.6) is 5.75 Å². The second kappa shape index (κ2) is 5.23. The molecule has 2 rings (SSSR count). The van der Waals surface area contributed by atoms with E-state index in [9.17, 15) is 0 Å². The van der Waals surface area contributed by atoms with Crippen molar-refractivity contribution in [3.05, 3.63) is 29.8 Å². The molecule has 1 aromatic rings. The van der Waals surface area contributed by atoms with Gasteiger partial charge in [0.2, 0.25) is 0 Å². The van der Waals surface area contributed by atoms with E-state index in [1.807, 2.05) is 24.3 Å². The van der Waals surface area contributed by atoms with Gasteiger partial charge in [-0.2, -0.15) is 0 Å². The molecule has 3 heteroatoms. The van der Waals surface area contributed by atoms with Crippen molar-refractivity contribution in [3.63, 3.8) is 0 Å². The quantitative estimate of drug-likeness (QED) is 0.834. The first-order chi connectivity index (χ1) is 6.38. The maximum absolute atomic E-state index is 5.62. The van der Waals surface area contributed by atoms with Gasteiger partial charge in [0.25, 0.3) is 0 Å². The van der Waals surface area contributed by atoms with Crippen LogP contribution in [0.2, 0.25) is 0 Å². The molecule has 0 heterocycles. The third-order valence-corrected chi connectivity index (χ3v) is 2.32. The predicted octanol–water partition coefficient (Wildman–Crippen LogP) is 2.36. The van der Waals surface area contributed by atoms with Gasteiger partial charge in [-0.1, -0.05) is 12.1 Å². The van der Waals surface area contributed by atoms with Crippen LogP contribution in [0.4, 0.5) is 0 Å². The highest BCUT2D eigenvalue weighted by atomic mass is 35.5. The van der Waals surface area contributed by atoms with Crippen LogP contribution in [0.25, 0.3) is 0 Å². The minimum absolute atomic E-state index is 0. The fourth-order valence-corrected chi connectivity index (χ4v) is 1.26. The summed E-state index contributed by atoms with van der Waals surface area (Å²) in [6.45, 7) is 1.45. The molecule has 2 nitrogen and oxygen atoms in total. The van der Waals surface area contributed by atoms with E-state index < -0.39 is 0 Å². The molecule has 14 heavy (non-hydrogen) atoms. The van der Waals surface area contributed by atoms with E-state index in [-0.39, 0.29) is 12.4 Å². The lowest BCUT2D eigenvalue weighted by Gasteiger charge is -2.05. The molecule has 0 unspecified atom stereocenters. The van der Waals surface area contributed by atoms with Crippen LogP contribution < -0.4 is 10.5 Å². The third-order valence-electron chi connectivity index (χ3n) is 2.32. The van der Waals surface area contributed by atoms with Gasteiger partial charge in [-0.05, 0) is 36.5 Å². The number of halogens is 1. The minimum Gasteiger partial charge on any atom is -0.493 e. The van der Waals surface area contributed by atoms with Crippen molar-refractivity contribution in [2.45, 2.75) is 19.4 Å². The molecule has 1 aliphatic carbocycles. The van der Waals surface area contributed by atoms with Crippen LogP contribution >= 0.6 is 12.4 Å². The van der Waals surface area contributed by atoms with Crippen molar-refractivity contribution in [1.82, 2.24) is 0 Å². The maximum atomic E-state index is 5.62. The van der Waals surface area contributed by atoms with E-state index in [4.69, 9.17) is 10.5 Å². The molecule has 1 aromatic carbocycles. The third kappa shape index (κ3) is 3.20. The van der Waals surface area contributed by atoms with Gasteiger partial charge in [0.05, 0.1) is 6.61 Å². The van der Waals surface area contributed by atoms with Gasteiger partial charge >= 0.3 is 0 Å². The lowest BCUT2D eigenvalue weighted by molar-refractivity contribution is 0.299. The zero-order chi connectivity index (χ0) is 9.10. The number of benzene rings is 1. The van der Waals surface area contributed by atoms with Crippen LogP contribution in [-0.4, -0.2) is 6.61 Å². The highest BCUT2D eigenvalue weighted by molar-refractivity contribution is 5.85. The van der Waals surface area contributed by atoms with E-state index in [0.717, 1.165) is 23.8 Å². The fraction of sp³-hybridized carbons (Fsp3) is 0.455. The van der Waals surface area contributed by atoms with E-state index in [2.05, 4.69) is 0 Å². The van der Waals surface area contributed by atoms with Gasteiger partial charge in [0.1, 0.15) is 5.75 Å².